The molecular weight excluding hydrogens is 452 g/mol. The van der Waals surface area contributed by atoms with Crippen molar-refractivity contribution in [2.45, 2.75) is 91.5 Å². The van der Waals surface area contributed by atoms with Crippen molar-refractivity contribution in [3.63, 3.8) is 0 Å². The summed E-state index contributed by atoms with van der Waals surface area (Å²) in [5.41, 5.74) is -0.689. The van der Waals surface area contributed by atoms with Crippen LogP contribution < -0.4 is 10.6 Å². The molecule has 1 aromatic rings. The van der Waals surface area contributed by atoms with Gasteiger partial charge in [0.1, 0.15) is 17.7 Å². The Balaban J connectivity index is 3.20. The number of hydrogen-bond acceptors (Lipinski definition) is 6. The third-order valence-electron chi connectivity index (χ3n) is 4.86. The van der Waals surface area contributed by atoms with Crippen molar-refractivity contribution in [3.8, 4) is 0 Å². The second-order valence-electron chi connectivity index (χ2n) is 11.2. The van der Waals surface area contributed by atoms with Crippen molar-refractivity contribution in [1.29, 1.82) is 0 Å². The van der Waals surface area contributed by atoms with Gasteiger partial charge in [0, 0.05) is 31.1 Å². The molecule has 1 aromatic carbocycles. The van der Waals surface area contributed by atoms with Gasteiger partial charge in [0.25, 0.3) is 5.69 Å². The number of hydrogen-bond donors (Lipinski definition) is 2. The van der Waals surface area contributed by atoms with Gasteiger partial charge in [-0.2, -0.15) is 0 Å². The Morgan fingerprint density at radius 3 is 2.00 bits per heavy atom. The van der Waals surface area contributed by atoms with Crippen molar-refractivity contribution in [2.24, 2.45) is 5.92 Å². The molecule has 0 saturated carbocycles. The maximum absolute atomic E-state index is 13.4. The molecule has 0 aliphatic carbocycles. The maximum Gasteiger partial charge on any atom is 0.410 e. The lowest BCUT2D eigenvalue weighted by atomic mass is 9.99. The Kier molecular flexibility index (Phi) is 10.2. The van der Waals surface area contributed by atoms with E-state index in [1.54, 1.807) is 32.9 Å². The first-order valence-corrected chi connectivity index (χ1v) is 11.7. The molecule has 196 valence electrons. The van der Waals surface area contributed by atoms with Gasteiger partial charge in [-0.25, -0.2) is 4.79 Å². The summed E-state index contributed by atoms with van der Waals surface area (Å²) in [6.07, 6.45) is -0.146. The molecule has 0 heterocycles. The molecule has 0 fully saturated rings. The predicted molar refractivity (Wildman–Crippen MR) is 134 cm³/mol. The Morgan fingerprint density at radius 2 is 1.57 bits per heavy atom. The van der Waals surface area contributed by atoms with Gasteiger partial charge in [-0.1, -0.05) is 26.0 Å². The van der Waals surface area contributed by atoms with E-state index >= 15 is 0 Å². The van der Waals surface area contributed by atoms with Gasteiger partial charge in [-0.15, -0.1) is 0 Å². The van der Waals surface area contributed by atoms with E-state index in [2.05, 4.69) is 10.6 Å². The molecule has 10 heteroatoms. The van der Waals surface area contributed by atoms with Crippen molar-refractivity contribution >= 4 is 23.6 Å². The van der Waals surface area contributed by atoms with Gasteiger partial charge in [0.05, 0.1) is 4.92 Å². The normalized spacial score (nSPS) is 13.5. The second-order valence-corrected chi connectivity index (χ2v) is 11.2. The van der Waals surface area contributed by atoms with Crippen LogP contribution in [0.15, 0.2) is 24.3 Å². The SMILES string of the molecule is CC(C)C[C@@H](C(=O)N[C@@H](Cc1ccc([N+](=O)[O-])cc1)C(=O)NC(C)(C)C)N(C)C(=O)OC(C)(C)C. The number of amides is 3. The maximum atomic E-state index is 13.4. The van der Waals surface area contributed by atoms with E-state index in [0.29, 0.717) is 12.0 Å². The molecule has 0 spiro atoms. The van der Waals surface area contributed by atoms with E-state index in [1.807, 2.05) is 34.6 Å². The van der Waals surface area contributed by atoms with Crippen molar-refractivity contribution in [2.75, 3.05) is 7.05 Å². The monoisotopic (exact) mass is 492 g/mol. The third-order valence-corrected chi connectivity index (χ3v) is 4.86. The molecule has 0 radical (unpaired) electrons. The number of rotatable bonds is 9. The van der Waals surface area contributed by atoms with Gasteiger partial charge in [-0.05, 0) is 59.4 Å². The Morgan fingerprint density at radius 1 is 1.03 bits per heavy atom. The smallest absolute Gasteiger partial charge is 0.410 e. The summed E-state index contributed by atoms with van der Waals surface area (Å²) in [5.74, 6) is -0.789. The molecule has 0 aliphatic rings. The van der Waals surface area contributed by atoms with Gasteiger partial charge in [0.2, 0.25) is 11.8 Å². The second kappa shape index (κ2) is 12.0. The Hall–Kier alpha value is -3.17. The Bertz CT molecular complexity index is 900. The molecule has 0 saturated heterocycles. The molecule has 3 amide bonds. The molecule has 0 aromatic heterocycles. The minimum absolute atomic E-state index is 0.0653. The van der Waals surface area contributed by atoms with Gasteiger partial charge in [0.15, 0.2) is 0 Å². The van der Waals surface area contributed by atoms with E-state index in [1.165, 1.54) is 24.1 Å². The highest BCUT2D eigenvalue weighted by Crippen LogP contribution is 2.17. The lowest BCUT2D eigenvalue weighted by Gasteiger charge is -2.32. The quantitative estimate of drug-likeness (QED) is 0.398. The number of benzene rings is 1. The van der Waals surface area contributed by atoms with Crippen LogP contribution in [0.3, 0.4) is 0 Å². The first kappa shape index (κ1) is 29.9. The number of likely N-dealkylation sites (N-methyl/N-ethyl adjacent to an activating group) is 1. The van der Waals surface area contributed by atoms with E-state index in [0.717, 1.165) is 0 Å². The molecule has 0 aliphatic heterocycles. The van der Waals surface area contributed by atoms with Crippen LogP contribution in [0.5, 0.6) is 0 Å². The molecule has 35 heavy (non-hydrogen) atoms. The zero-order chi connectivity index (χ0) is 27.1. The molecule has 2 N–H and O–H groups in total. The van der Waals surface area contributed by atoms with Crippen molar-refractivity contribution < 1.29 is 24.0 Å². The molecular formula is C25H40N4O6. The zero-order valence-corrected chi connectivity index (χ0v) is 22.3. The molecule has 2 atom stereocenters. The minimum atomic E-state index is -0.954. The molecule has 0 unspecified atom stereocenters. The fraction of sp³-hybridized carbons (Fsp3) is 0.640. The van der Waals surface area contributed by atoms with Crippen LogP contribution in [0.25, 0.3) is 0 Å². The minimum Gasteiger partial charge on any atom is -0.444 e. The predicted octanol–water partition coefficient (Wildman–Crippen LogP) is 3.82. The standard InChI is InChI=1S/C25H40N4O6/c1-16(2)14-20(28(9)23(32)35-25(6,7)8)22(31)26-19(21(30)27-24(3,4)5)15-17-10-12-18(13-11-17)29(33)34/h10-13,16,19-20H,14-15H2,1-9H3,(H,26,31)(H,27,30)/t19-,20-/m0/s1. The number of carbonyl (C=O) groups is 3. The van der Waals surface area contributed by atoms with E-state index in [4.69, 9.17) is 4.74 Å². The lowest BCUT2D eigenvalue weighted by Crippen LogP contribution is -2.57. The summed E-state index contributed by atoms with van der Waals surface area (Å²) in [6, 6.07) is 4.01. The van der Waals surface area contributed by atoms with Crippen molar-refractivity contribution in [3.05, 3.63) is 39.9 Å². The number of nitrogens with one attached hydrogen (secondary N) is 2. The average Bonchev–Trinajstić information content (AvgIpc) is 2.68. The molecule has 10 nitrogen and oxygen atoms in total. The van der Waals surface area contributed by atoms with Crippen LogP contribution >= 0.6 is 0 Å². The average molecular weight is 493 g/mol. The molecule has 0 bridgehead atoms. The zero-order valence-electron chi connectivity index (χ0n) is 22.3. The summed E-state index contributed by atoms with van der Waals surface area (Å²) in [5, 5.41) is 16.6. The van der Waals surface area contributed by atoms with Crippen LogP contribution in [-0.2, 0) is 20.7 Å². The third kappa shape index (κ3) is 10.7. The first-order chi connectivity index (χ1) is 15.9. The van der Waals surface area contributed by atoms with Crippen LogP contribution in [0, 0.1) is 16.0 Å². The number of nitro groups is 1. The van der Waals surface area contributed by atoms with Gasteiger partial charge >= 0.3 is 6.09 Å². The highest BCUT2D eigenvalue weighted by Gasteiger charge is 2.34. The Labute approximate surface area is 207 Å². The lowest BCUT2D eigenvalue weighted by molar-refractivity contribution is -0.384. The van der Waals surface area contributed by atoms with Gasteiger partial charge in [-0.3, -0.25) is 24.6 Å². The van der Waals surface area contributed by atoms with Crippen molar-refractivity contribution in [1.82, 2.24) is 15.5 Å². The summed E-state index contributed by atoms with van der Waals surface area (Å²) in [6.45, 7) is 14.6. The number of nitrogens with zero attached hydrogens (tertiary/aromatic N) is 2. The highest BCUT2D eigenvalue weighted by molar-refractivity contribution is 5.91. The number of non-ortho nitro benzene ring substituents is 1. The fourth-order valence-corrected chi connectivity index (χ4v) is 3.27. The van der Waals surface area contributed by atoms with Crippen LogP contribution in [0.2, 0.25) is 0 Å². The topological polar surface area (TPSA) is 131 Å². The van der Waals surface area contributed by atoms with E-state index in [-0.39, 0.29) is 18.0 Å². The highest BCUT2D eigenvalue weighted by atomic mass is 16.6. The van der Waals surface area contributed by atoms with Crippen LogP contribution in [-0.4, -0.2) is 58.0 Å². The summed E-state index contributed by atoms with van der Waals surface area (Å²) in [4.78, 5) is 50.8. The van der Waals surface area contributed by atoms with Crippen LogP contribution in [0.4, 0.5) is 10.5 Å². The van der Waals surface area contributed by atoms with E-state index < -0.39 is 46.1 Å². The molecule has 1 rings (SSSR count). The summed E-state index contributed by atoms with van der Waals surface area (Å²) < 4.78 is 5.43. The number of nitro benzene ring substituents is 1. The number of carbonyl (C=O) groups excluding carboxylic acids is 3. The first-order valence-electron chi connectivity index (χ1n) is 11.7. The van der Waals surface area contributed by atoms with Gasteiger partial charge < -0.3 is 15.4 Å². The summed E-state index contributed by atoms with van der Waals surface area (Å²) >= 11 is 0. The van der Waals surface area contributed by atoms with E-state index in [9.17, 15) is 24.5 Å². The largest absolute Gasteiger partial charge is 0.444 e. The number of ether oxygens (including phenoxy) is 1. The van der Waals surface area contributed by atoms with Crippen LogP contribution in [0.1, 0.15) is 67.4 Å². The fourth-order valence-electron chi connectivity index (χ4n) is 3.27. The summed E-state index contributed by atoms with van der Waals surface area (Å²) in [7, 11) is 1.50.